The van der Waals surface area contributed by atoms with Crippen molar-refractivity contribution in [1.82, 2.24) is 0 Å². The maximum absolute atomic E-state index is 8.86. The summed E-state index contributed by atoms with van der Waals surface area (Å²) in [6.45, 7) is 2.07. The Hall–Kier alpha value is -2.00. The topological polar surface area (TPSA) is 29.5 Å². The van der Waals surface area contributed by atoms with E-state index in [2.05, 4.69) is 19.1 Å². The van der Waals surface area contributed by atoms with Gasteiger partial charge in [0.1, 0.15) is 5.75 Å². The molecule has 3 heteroatoms. The molecule has 0 heterocycles. The molecular weight excluding hydrogens is 223 g/mol. The van der Waals surface area contributed by atoms with E-state index in [1.54, 1.807) is 0 Å². The summed E-state index contributed by atoms with van der Waals surface area (Å²) in [7, 11) is 0.726. The highest BCUT2D eigenvalue weighted by Gasteiger charge is 2.07. The van der Waals surface area contributed by atoms with Crippen molar-refractivity contribution in [2.24, 2.45) is 0 Å². The molecule has 0 aliphatic rings. The van der Waals surface area contributed by atoms with Crippen LogP contribution < -0.4 is 4.65 Å². The van der Waals surface area contributed by atoms with E-state index in [9.17, 15) is 0 Å². The molecule has 0 aromatic heterocycles. The molecule has 1 radical (unpaired) electrons. The summed E-state index contributed by atoms with van der Waals surface area (Å²) in [6, 6.07) is 16.3. The number of benzene rings is 3. The van der Waals surface area contributed by atoms with Crippen molar-refractivity contribution in [2.75, 3.05) is 0 Å². The maximum Gasteiger partial charge on any atom is 0.569 e. The van der Waals surface area contributed by atoms with Crippen LogP contribution in [0.15, 0.2) is 48.5 Å². The second-order valence-electron chi connectivity index (χ2n) is 4.37. The van der Waals surface area contributed by atoms with Gasteiger partial charge < -0.3 is 9.68 Å². The minimum absolute atomic E-state index is 0.672. The van der Waals surface area contributed by atoms with Gasteiger partial charge in [0.25, 0.3) is 0 Å². The molecule has 3 rings (SSSR count). The lowest BCUT2D eigenvalue weighted by Crippen LogP contribution is -2.00. The van der Waals surface area contributed by atoms with Gasteiger partial charge in [-0.2, -0.15) is 0 Å². The van der Waals surface area contributed by atoms with Crippen LogP contribution in [-0.2, 0) is 0 Å². The minimum atomic E-state index is 0.672. The Morgan fingerprint density at radius 1 is 0.944 bits per heavy atom. The molecule has 0 aliphatic heterocycles. The second kappa shape index (κ2) is 4.35. The molecule has 3 aromatic carbocycles. The third-order valence-electron chi connectivity index (χ3n) is 3.16. The van der Waals surface area contributed by atoms with Gasteiger partial charge in [0.15, 0.2) is 0 Å². The van der Waals surface area contributed by atoms with Gasteiger partial charge in [-0.3, -0.25) is 0 Å². The zero-order chi connectivity index (χ0) is 12.5. The van der Waals surface area contributed by atoms with Gasteiger partial charge in [0.2, 0.25) is 0 Å². The molecule has 0 bridgehead atoms. The molecule has 0 atom stereocenters. The van der Waals surface area contributed by atoms with Crippen LogP contribution in [0.5, 0.6) is 5.75 Å². The highest BCUT2D eigenvalue weighted by atomic mass is 16.5. The van der Waals surface area contributed by atoms with Crippen molar-refractivity contribution in [3.05, 3.63) is 54.1 Å². The van der Waals surface area contributed by atoms with Crippen LogP contribution in [0.25, 0.3) is 21.5 Å². The first-order valence-corrected chi connectivity index (χ1v) is 5.84. The third-order valence-corrected chi connectivity index (χ3v) is 3.16. The molecule has 0 unspecified atom stereocenters. The van der Waals surface area contributed by atoms with Crippen molar-refractivity contribution in [3.63, 3.8) is 0 Å². The summed E-state index contributed by atoms with van der Waals surface area (Å²) in [5.41, 5.74) is 1.21. The highest BCUT2D eigenvalue weighted by Crippen LogP contribution is 2.33. The lowest BCUT2D eigenvalue weighted by atomic mass is 9.99. The van der Waals surface area contributed by atoms with E-state index in [0.29, 0.717) is 5.75 Å². The summed E-state index contributed by atoms with van der Waals surface area (Å²) in [5, 5.41) is 13.3. The number of aryl methyl sites for hydroxylation is 1. The summed E-state index contributed by atoms with van der Waals surface area (Å²) < 4.78 is 5.20. The number of rotatable bonds is 2. The summed E-state index contributed by atoms with van der Waals surface area (Å²) in [5.74, 6) is 0.672. The van der Waals surface area contributed by atoms with Gasteiger partial charge in [0, 0.05) is 5.39 Å². The van der Waals surface area contributed by atoms with Gasteiger partial charge >= 0.3 is 7.69 Å². The Morgan fingerprint density at radius 3 is 2.61 bits per heavy atom. The average molecular weight is 235 g/mol. The highest BCUT2D eigenvalue weighted by molar-refractivity contribution is 6.19. The number of hydrogen-bond donors (Lipinski definition) is 1. The van der Waals surface area contributed by atoms with Crippen LogP contribution in [0.3, 0.4) is 0 Å². The molecule has 18 heavy (non-hydrogen) atoms. The summed E-state index contributed by atoms with van der Waals surface area (Å²) >= 11 is 0. The fourth-order valence-corrected chi connectivity index (χ4v) is 2.34. The number of fused-ring (bicyclic) bond motifs is 3. The monoisotopic (exact) mass is 235 g/mol. The largest absolute Gasteiger partial charge is 0.569 e. The molecule has 1 N–H and O–H groups in total. The first-order chi connectivity index (χ1) is 8.79. The molecule has 0 aliphatic carbocycles. The van der Waals surface area contributed by atoms with Gasteiger partial charge in [-0.05, 0) is 29.1 Å². The van der Waals surface area contributed by atoms with Crippen molar-refractivity contribution >= 4 is 29.2 Å². The summed E-state index contributed by atoms with van der Waals surface area (Å²) in [6.07, 6.45) is 0. The van der Waals surface area contributed by atoms with Crippen LogP contribution in [0.1, 0.15) is 5.56 Å². The smallest absolute Gasteiger partial charge is 0.537 e. The molecule has 0 fully saturated rings. The zero-order valence-corrected chi connectivity index (χ0v) is 10.1. The van der Waals surface area contributed by atoms with Crippen LogP contribution in [-0.4, -0.2) is 12.7 Å². The van der Waals surface area contributed by atoms with E-state index in [1.807, 2.05) is 36.4 Å². The number of hydrogen-bond acceptors (Lipinski definition) is 2. The van der Waals surface area contributed by atoms with Crippen molar-refractivity contribution in [1.29, 1.82) is 0 Å². The van der Waals surface area contributed by atoms with Crippen LogP contribution >= 0.6 is 0 Å². The maximum atomic E-state index is 8.86. The first-order valence-electron chi connectivity index (χ1n) is 5.84. The zero-order valence-electron chi connectivity index (χ0n) is 10.1. The first kappa shape index (κ1) is 11.1. The molecule has 2 nitrogen and oxygen atoms in total. The Balaban J connectivity index is 2.46. The second-order valence-corrected chi connectivity index (χ2v) is 4.37. The van der Waals surface area contributed by atoms with Gasteiger partial charge in [-0.1, -0.05) is 48.0 Å². The fraction of sp³-hybridized carbons (Fsp3) is 0.0667. The van der Waals surface area contributed by atoms with Gasteiger partial charge in [-0.25, -0.2) is 0 Å². The molecule has 3 aromatic rings. The molecular formula is C15H12BO2. The molecule has 0 saturated heterocycles. The lowest BCUT2D eigenvalue weighted by Gasteiger charge is -2.11. The predicted octanol–water partition coefficient (Wildman–Crippen LogP) is 3.21. The quantitative estimate of drug-likeness (QED) is 0.545. The average Bonchev–Trinajstić information content (AvgIpc) is 2.39. The molecule has 0 spiro atoms. The molecule has 0 amide bonds. The predicted molar refractivity (Wildman–Crippen MR) is 74.8 cm³/mol. The lowest BCUT2D eigenvalue weighted by molar-refractivity contribution is 0.457. The van der Waals surface area contributed by atoms with Crippen LogP contribution in [0.4, 0.5) is 0 Å². The van der Waals surface area contributed by atoms with E-state index < -0.39 is 0 Å². The van der Waals surface area contributed by atoms with E-state index in [1.165, 1.54) is 10.9 Å². The molecule has 87 valence electrons. The SMILES string of the molecule is Cc1ccc2c(O[B]O)cc3ccccc3c2c1. The van der Waals surface area contributed by atoms with E-state index in [0.717, 1.165) is 23.8 Å². The van der Waals surface area contributed by atoms with E-state index in [4.69, 9.17) is 9.68 Å². The van der Waals surface area contributed by atoms with Gasteiger partial charge in [0.05, 0.1) is 0 Å². The fourth-order valence-electron chi connectivity index (χ4n) is 2.34. The Labute approximate surface area is 106 Å². The van der Waals surface area contributed by atoms with Crippen molar-refractivity contribution in [2.45, 2.75) is 6.92 Å². The normalized spacial score (nSPS) is 10.8. The Morgan fingerprint density at radius 2 is 1.78 bits per heavy atom. The van der Waals surface area contributed by atoms with E-state index in [-0.39, 0.29) is 0 Å². The Kier molecular flexibility index (Phi) is 2.69. The van der Waals surface area contributed by atoms with Crippen molar-refractivity contribution in [3.8, 4) is 5.75 Å². The standard InChI is InChI=1S/C15H12BO2/c1-10-6-7-13-14(8-10)12-5-3-2-4-11(12)9-15(13)18-16-17/h2-9,17H,1H3. The van der Waals surface area contributed by atoms with Gasteiger partial charge in [-0.15, -0.1) is 0 Å². The van der Waals surface area contributed by atoms with Crippen LogP contribution in [0.2, 0.25) is 0 Å². The van der Waals surface area contributed by atoms with Crippen LogP contribution in [0, 0.1) is 6.92 Å². The van der Waals surface area contributed by atoms with E-state index >= 15 is 0 Å². The van der Waals surface area contributed by atoms with Crippen molar-refractivity contribution < 1.29 is 9.68 Å². The summed E-state index contributed by atoms with van der Waals surface area (Å²) in [4.78, 5) is 0. The molecule has 0 saturated carbocycles. The minimum Gasteiger partial charge on any atom is -0.537 e. The Bertz CT molecular complexity index is 722. The third kappa shape index (κ3) is 1.73.